The van der Waals surface area contributed by atoms with E-state index in [2.05, 4.69) is 23.1 Å². The molecule has 0 unspecified atom stereocenters. The van der Waals surface area contributed by atoms with Gasteiger partial charge in [-0.15, -0.1) is 0 Å². The fraction of sp³-hybridized carbons (Fsp3) is 0.727. The van der Waals surface area contributed by atoms with Gasteiger partial charge in [0, 0.05) is 38.4 Å². The monoisotopic (exact) mass is 208 g/mol. The van der Waals surface area contributed by atoms with Crippen LogP contribution >= 0.6 is 0 Å². The first kappa shape index (κ1) is 10.6. The summed E-state index contributed by atoms with van der Waals surface area (Å²) in [7, 11) is 1.95. The van der Waals surface area contributed by atoms with E-state index in [1.165, 1.54) is 5.56 Å². The van der Waals surface area contributed by atoms with Crippen molar-refractivity contribution in [1.82, 2.24) is 14.7 Å². The van der Waals surface area contributed by atoms with Crippen molar-refractivity contribution in [3.63, 3.8) is 0 Å². The van der Waals surface area contributed by atoms with Gasteiger partial charge in [0.25, 0.3) is 0 Å². The van der Waals surface area contributed by atoms with Crippen LogP contribution in [0.15, 0.2) is 12.4 Å². The van der Waals surface area contributed by atoms with Gasteiger partial charge in [0.15, 0.2) is 0 Å². The van der Waals surface area contributed by atoms with Crippen LogP contribution in [0.2, 0.25) is 0 Å². The third kappa shape index (κ3) is 2.38. The average Bonchev–Trinajstić information content (AvgIpc) is 2.57. The maximum atomic E-state index is 6.11. The third-order valence-electron chi connectivity index (χ3n) is 3.26. The summed E-state index contributed by atoms with van der Waals surface area (Å²) in [6.45, 7) is 5.36. The topological polar surface area (TPSA) is 47.1 Å². The Bertz CT molecular complexity index is 325. The Morgan fingerprint density at radius 2 is 2.27 bits per heavy atom. The Morgan fingerprint density at radius 1 is 1.53 bits per heavy atom. The number of nitrogens with zero attached hydrogens (tertiary/aromatic N) is 3. The van der Waals surface area contributed by atoms with Crippen LogP contribution in [0.1, 0.15) is 18.9 Å². The molecule has 1 aliphatic heterocycles. The molecule has 2 rings (SSSR count). The number of hydrogen-bond donors (Lipinski definition) is 1. The van der Waals surface area contributed by atoms with Crippen LogP contribution in [-0.2, 0) is 13.5 Å². The van der Waals surface area contributed by atoms with Gasteiger partial charge in [-0.2, -0.15) is 5.10 Å². The first-order valence-corrected chi connectivity index (χ1v) is 5.60. The van der Waals surface area contributed by atoms with Crippen molar-refractivity contribution >= 4 is 0 Å². The standard InChI is InChI=1S/C11H20N4/c1-3-11(12)8-15(9-11)5-4-10-6-13-14(2)7-10/h6-7H,3-5,8-9,12H2,1-2H3. The van der Waals surface area contributed by atoms with E-state index in [1.807, 2.05) is 17.9 Å². The smallest absolute Gasteiger partial charge is 0.0522 e. The molecule has 4 nitrogen and oxygen atoms in total. The Labute approximate surface area is 91.1 Å². The summed E-state index contributed by atoms with van der Waals surface area (Å²) in [5, 5.41) is 4.16. The molecular formula is C11H20N4. The van der Waals surface area contributed by atoms with Crippen molar-refractivity contribution in [3.8, 4) is 0 Å². The second-order valence-corrected chi connectivity index (χ2v) is 4.70. The fourth-order valence-electron chi connectivity index (χ4n) is 2.11. The highest BCUT2D eigenvalue weighted by molar-refractivity contribution is 5.06. The molecule has 0 aliphatic carbocycles. The minimum absolute atomic E-state index is 0.0922. The normalized spacial score (nSPS) is 20.2. The van der Waals surface area contributed by atoms with E-state index in [1.54, 1.807) is 0 Å². The number of aromatic nitrogens is 2. The van der Waals surface area contributed by atoms with Gasteiger partial charge in [0.2, 0.25) is 0 Å². The number of hydrogen-bond acceptors (Lipinski definition) is 3. The van der Waals surface area contributed by atoms with Crippen molar-refractivity contribution in [2.75, 3.05) is 19.6 Å². The summed E-state index contributed by atoms with van der Waals surface area (Å²) in [4.78, 5) is 2.41. The van der Waals surface area contributed by atoms with Crippen LogP contribution in [0.4, 0.5) is 0 Å². The summed E-state index contributed by atoms with van der Waals surface area (Å²) in [6, 6.07) is 0. The van der Waals surface area contributed by atoms with E-state index < -0.39 is 0 Å². The van der Waals surface area contributed by atoms with Crippen molar-refractivity contribution in [2.45, 2.75) is 25.3 Å². The van der Waals surface area contributed by atoms with E-state index in [-0.39, 0.29) is 5.54 Å². The first-order valence-electron chi connectivity index (χ1n) is 5.60. The highest BCUT2D eigenvalue weighted by Gasteiger charge is 2.36. The predicted molar refractivity (Wildman–Crippen MR) is 60.6 cm³/mol. The second kappa shape index (κ2) is 3.94. The summed E-state index contributed by atoms with van der Waals surface area (Å²) in [5.41, 5.74) is 7.51. The molecule has 0 radical (unpaired) electrons. The summed E-state index contributed by atoms with van der Waals surface area (Å²) in [5.74, 6) is 0. The highest BCUT2D eigenvalue weighted by Crippen LogP contribution is 2.21. The summed E-state index contributed by atoms with van der Waals surface area (Å²) in [6.07, 6.45) is 6.18. The molecule has 2 heterocycles. The van der Waals surface area contributed by atoms with E-state index in [4.69, 9.17) is 5.73 Å². The SMILES string of the molecule is CCC1(N)CN(CCc2cnn(C)c2)C1. The van der Waals surface area contributed by atoms with E-state index in [9.17, 15) is 0 Å². The van der Waals surface area contributed by atoms with E-state index in [0.29, 0.717) is 0 Å². The van der Waals surface area contributed by atoms with Gasteiger partial charge < -0.3 is 5.73 Å². The molecule has 1 fully saturated rings. The van der Waals surface area contributed by atoms with Crippen molar-refractivity contribution in [1.29, 1.82) is 0 Å². The maximum Gasteiger partial charge on any atom is 0.0522 e. The molecule has 0 bridgehead atoms. The molecule has 4 heteroatoms. The van der Waals surface area contributed by atoms with Crippen molar-refractivity contribution in [2.24, 2.45) is 12.8 Å². The van der Waals surface area contributed by atoms with Crippen LogP contribution < -0.4 is 5.73 Å². The fourth-order valence-corrected chi connectivity index (χ4v) is 2.11. The molecule has 0 saturated carbocycles. The van der Waals surface area contributed by atoms with Crippen LogP contribution in [0.25, 0.3) is 0 Å². The zero-order valence-corrected chi connectivity index (χ0v) is 9.61. The van der Waals surface area contributed by atoms with E-state index >= 15 is 0 Å². The Kier molecular flexibility index (Phi) is 2.80. The molecule has 1 aromatic rings. The Balaban J connectivity index is 1.73. The van der Waals surface area contributed by atoms with Gasteiger partial charge in [-0.1, -0.05) is 6.92 Å². The lowest BCUT2D eigenvalue weighted by atomic mass is 9.88. The molecule has 15 heavy (non-hydrogen) atoms. The number of likely N-dealkylation sites (tertiary alicyclic amines) is 1. The molecule has 0 spiro atoms. The molecule has 2 N–H and O–H groups in total. The third-order valence-corrected chi connectivity index (χ3v) is 3.26. The summed E-state index contributed by atoms with van der Waals surface area (Å²) < 4.78 is 1.85. The minimum atomic E-state index is 0.0922. The molecular weight excluding hydrogens is 188 g/mol. The maximum absolute atomic E-state index is 6.11. The van der Waals surface area contributed by atoms with Crippen LogP contribution in [0, 0.1) is 0 Å². The van der Waals surface area contributed by atoms with Gasteiger partial charge in [-0.25, -0.2) is 0 Å². The molecule has 0 amide bonds. The lowest BCUT2D eigenvalue weighted by Crippen LogP contribution is -2.67. The second-order valence-electron chi connectivity index (χ2n) is 4.70. The van der Waals surface area contributed by atoms with Crippen LogP contribution in [0.3, 0.4) is 0 Å². The van der Waals surface area contributed by atoms with Gasteiger partial charge in [-0.3, -0.25) is 9.58 Å². The molecule has 0 atom stereocenters. The average molecular weight is 208 g/mol. The van der Waals surface area contributed by atoms with E-state index in [0.717, 1.165) is 32.5 Å². The van der Waals surface area contributed by atoms with Gasteiger partial charge in [0.05, 0.1) is 6.20 Å². The zero-order valence-electron chi connectivity index (χ0n) is 9.61. The first-order chi connectivity index (χ1) is 7.11. The molecule has 1 aliphatic rings. The number of nitrogens with two attached hydrogens (primary N) is 1. The highest BCUT2D eigenvalue weighted by atomic mass is 15.3. The lowest BCUT2D eigenvalue weighted by molar-refractivity contribution is 0.0693. The minimum Gasteiger partial charge on any atom is -0.323 e. The lowest BCUT2D eigenvalue weighted by Gasteiger charge is -2.47. The molecule has 84 valence electrons. The zero-order chi connectivity index (χ0) is 10.9. The predicted octanol–water partition coefficient (Wildman–Crippen LogP) is 0.386. The summed E-state index contributed by atoms with van der Waals surface area (Å²) >= 11 is 0. The molecule has 1 aromatic heterocycles. The molecule has 0 aromatic carbocycles. The number of rotatable bonds is 4. The van der Waals surface area contributed by atoms with Crippen molar-refractivity contribution < 1.29 is 0 Å². The van der Waals surface area contributed by atoms with Gasteiger partial charge in [-0.05, 0) is 18.4 Å². The van der Waals surface area contributed by atoms with Crippen LogP contribution in [-0.4, -0.2) is 39.9 Å². The van der Waals surface area contributed by atoms with Gasteiger partial charge in [0.1, 0.15) is 0 Å². The number of aryl methyl sites for hydroxylation is 1. The largest absolute Gasteiger partial charge is 0.323 e. The van der Waals surface area contributed by atoms with Gasteiger partial charge >= 0.3 is 0 Å². The Hall–Kier alpha value is -0.870. The van der Waals surface area contributed by atoms with Crippen LogP contribution in [0.5, 0.6) is 0 Å². The quantitative estimate of drug-likeness (QED) is 0.778. The Morgan fingerprint density at radius 3 is 2.80 bits per heavy atom. The van der Waals surface area contributed by atoms with Crippen molar-refractivity contribution in [3.05, 3.63) is 18.0 Å². The molecule has 1 saturated heterocycles.